The highest BCUT2D eigenvalue weighted by atomic mass is 15.3. The summed E-state index contributed by atoms with van der Waals surface area (Å²) in [6.07, 6.45) is 8.21. The van der Waals surface area contributed by atoms with Crippen molar-refractivity contribution in [1.29, 1.82) is 0 Å². The summed E-state index contributed by atoms with van der Waals surface area (Å²) in [4.78, 5) is 32.6. The monoisotopic (exact) mass is 742 g/mol. The Hall–Kier alpha value is -7.84. The highest BCUT2D eigenvalue weighted by Gasteiger charge is 2.30. The molecule has 13 rings (SSSR count). The van der Waals surface area contributed by atoms with Gasteiger partial charge in [-0.05, 0) is 93.3 Å². The van der Waals surface area contributed by atoms with Crippen LogP contribution in [0, 0.1) is 0 Å². The molecule has 0 radical (unpaired) electrons. The first-order chi connectivity index (χ1) is 28.6. The molecule has 9 aromatic rings. The zero-order chi connectivity index (χ0) is 38.1. The third-order valence-corrected chi connectivity index (χ3v) is 11.8. The molecule has 0 spiro atoms. The van der Waals surface area contributed by atoms with Gasteiger partial charge in [0.15, 0.2) is 23.3 Å². The van der Waals surface area contributed by atoms with E-state index in [1.165, 1.54) is 0 Å². The number of amidine groups is 4. The number of rotatable bonds is 2. The molecule has 7 aromatic carbocycles. The number of nitrogens with zero attached hydrogens (tertiary/aromatic N) is 8. The van der Waals surface area contributed by atoms with Crippen molar-refractivity contribution in [1.82, 2.24) is 9.13 Å². The first-order valence-corrected chi connectivity index (χ1v) is 19.5. The first kappa shape index (κ1) is 31.4. The van der Waals surface area contributed by atoms with Crippen LogP contribution in [0.5, 0.6) is 0 Å². The highest BCUT2D eigenvalue weighted by molar-refractivity contribution is 6.26. The fourth-order valence-electron chi connectivity index (χ4n) is 9.01. The van der Waals surface area contributed by atoms with Crippen LogP contribution in [0.1, 0.15) is 34.7 Å². The Morgan fingerprint density at radius 1 is 0.414 bits per heavy atom. The summed E-state index contributed by atoms with van der Waals surface area (Å²) in [7, 11) is 0. The number of hydrogen-bond donors (Lipinski definition) is 0. The lowest BCUT2D eigenvalue weighted by molar-refractivity contribution is 0.584. The maximum atomic E-state index is 5.52. The molecular weight excluding hydrogens is 713 g/mol. The van der Waals surface area contributed by atoms with Gasteiger partial charge in [0, 0.05) is 43.8 Å². The maximum Gasteiger partial charge on any atom is 0.164 e. The molecule has 4 aliphatic heterocycles. The predicted octanol–water partition coefficient (Wildman–Crippen LogP) is 10.1. The van der Waals surface area contributed by atoms with E-state index in [4.69, 9.17) is 30.0 Å². The van der Waals surface area contributed by atoms with Crippen molar-refractivity contribution in [2.45, 2.75) is 13.6 Å². The van der Waals surface area contributed by atoms with Gasteiger partial charge in [0.2, 0.25) is 0 Å². The summed E-state index contributed by atoms with van der Waals surface area (Å²) in [5, 5.41) is 10.7. The first-order valence-electron chi connectivity index (χ1n) is 19.5. The van der Waals surface area contributed by atoms with Crippen LogP contribution in [0.4, 0.5) is 11.6 Å². The molecule has 0 aliphatic carbocycles. The number of hydrogen-bond acceptors (Lipinski definition) is 6. The molecule has 8 heteroatoms. The van der Waals surface area contributed by atoms with Gasteiger partial charge in [-0.25, -0.2) is 30.0 Å². The van der Waals surface area contributed by atoms with Crippen LogP contribution in [-0.2, 0) is 6.67 Å². The quantitative estimate of drug-likeness (QED) is 0.158. The number of aliphatic imine (C=N–C) groups is 4. The van der Waals surface area contributed by atoms with E-state index in [0.717, 1.165) is 104 Å². The molecule has 0 unspecified atom stereocenters. The largest absolute Gasteiger partial charge is 0.291 e. The number of allylic oxidation sites excluding steroid dienone is 3. The summed E-state index contributed by atoms with van der Waals surface area (Å²) in [6.45, 7) is 2.38. The Balaban J connectivity index is 1.23. The SMILES string of the molecule is C/C=C\C=C/c1ccc2c(c1)C1=Nc3c4cc5ccccc5cc4c4n3Cn3c(c5cc6ccccc6cc5c3=NC3=NC(=N4)c4cc5ccccc5cc43)=NC2=N1. The highest BCUT2D eigenvalue weighted by Crippen LogP contribution is 2.43. The lowest BCUT2D eigenvalue weighted by Gasteiger charge is -2.12. The van der Waals surface area contributed by atoms with Crippen LogP contribution in [0.25, 0.3) is 59.9 Å². The molecule has 0 N–H and O–H groups in total. The third-order valence-electron chi connectivity index (χ3n) is 11.8. The molecule has 2 aromatic heterocycles. The molecule has 270 valence electrons. The van der Waals surface area contributed by atoms with E-state index in [-0.39, 0.29) is 0 Å². The second-order valence-corrected chi connectivity index (χ2v) is 15.2. The van der Waals surface area contributed by atoms with E-state index < -0.39 is 0 Å². The van der Waals surface area contributed by atoms with Crippen molar-refractivity contribution in [2.75, 3.05) is 0 Å². The fourth-order valence-corrected chi connectivity index (χ4v) is 9.01. The van der Waals surface area contributed by atoms with E-state index in [2.05, 4.69) is 149 Å². The van der Waals surface area contributed by atoms with E-state index >= 15 is 0 Å². The Morgan fingerprint density at radius 2 is 0.862 bits per heavy atom. The Labute approximate surface area is 330 Å². The van der Waals surface area contributed by atoms with Crippen molar-refractivity contribution in [3.63, 3.8) is 0 Å². The second kappa shape index (κ2) is 11.6. The van der Waals surface area contributed by atoms with E-state index in [9.17, 15) is 0 Å². The van der Waals surface area contributed by atoms with Crippen molar-refractivity contribution < 1.29 is 0 Å². The minimum absolute atomic E-state index is 0.360. The van der Waals surface area contributed by atoms with Crippen molar-refractivity contribution in [3.8, 4) is 0 Å². The molecule has 0 amide bonds. The summed E-state index contributed by atoms with van der Waals surface area (Å²) < 4.78 is 4.43. The minimum atomic E-state index is 0.360. The van der Waals surface area contributed by atoms with Crippen LogP contribution >= 0.6 is 0 Å². The van der Waals surface area contributed by atoms with E-state index in [1.54, 1.807) is 0 Å². The van der Waals surface area contributed by atoms with Crippen LogP contribution < -0.4 is 11.0 Å². The van der Waals surface area contributed by atoms with Gasteiger partial charge in [0.05, 0.1) is 0 Å². The zero-order valence-corrected chi connectivity index (χ0v) is 31.2. The predicted molar refractivity (Wildman–Crippen MR) is 236 cm³/mol. The summed E-state index contributed by atoms with van der Waals surface area (Å²) in [5.74, 6) is 4.03. The maximum absolute atomic E-state index is 5.52. The lowest BCUT2D eigenvalue weighted by Crippen LogP contribution is -2.32. The standard InChI is InChI=1S/C50H30N8/c1-2-3-4-11-28-18-19-35-36(20-28)44-51-43(35)53-47-39-23-31-14-7-8-15-32(31)24-40(39)49-55-45-37-21-29-12-5-6-13-30(29)22-38(37)46(52-45)56-50-42-26-34-17-10-9-16-33(34)25-41(42)48(54-44)58(50)27-57(47)49/h2-26H,27H2,1H3/b3-2-,11-4-,53-43?,53-47?,54-44?,54-48?,55-45?,55-49?,56-46?,56-50?. The topological polar surface area (TPSA) is 84.0 Å². The van der Waals surface area contributed by atoms with Gasteiger partial charge in [0.1, 0.15) is 29.3 Å². The molecule has 0 saturated carbocycles. The van der Waals surface area contributed by atoms with Crippen LogP contribution in [0.2, 0.25) is 0 Å². The van der Waals surface area contributed by atoms with Crippen molar-refractivity contribution >= 4 is 94.9 Å². The van der Waals surface area contributed by atoms with E-state index in [1.807, 2.05) is 19.1 Å². The molecule has 0 fully saturated rings. The van der Waals surface area contributed by atoms with Gasteiger partial charge in [-0.1, -0.05) is 103 Å². The average Bonchev–Trinajstić information content (AvgIpc) is 3.94. The molecule has 0 atom stereocenters. The summed E-state index contributed by atoms with van der Waals surface area (Å²) in [5.41, 5.74) is 6.38. The molecule has 58 heavy (non-hydrogen) atoms. The number of benzene rings is 7. The van der Waals surface area contributed by atoms with Gasteiger partial charge in [-0.2, -0.15) is 0 Å². The van der Waals surface area contributed by atoms with Crippen molar-refractivity contribution in [2.24, 2.45) is 30.0 Å². The van der Waals surface area contributed by atoms with Crippen molar-refractivity contribution in [3.05, 3.63) is 184 Å². The van der Waals surface area contributed by atoms with Gasteiger partial charge in [-0.15, -0.1) is 0 Å². The third kappa shape index (κ3) is 4.45. The molecule has 8 nitrogen and oxygen atoms in total. The van der Waals surface area contributed by atoms with Gasteiger partial charge < -0.3 is 0 Å². The number of aromatic nitrogens is 2. The van der Waals surface area contributed by atoms with Gasteiger partial charge in [-0.3, -0.25) is 9.13 Å². The molecule has 6 bridgehead atoms. The van der Waals surface area contributed by atoms with Gasteiger partial charge in [0.25, 0.3) is 0 Å². The van der Waals surface area contributed by atoms with Crippen LogP contribution in [0.3, 0.4) is 0 Å². The molecule has 6 heterocycles. The zero-order valence-electron chi connectivity index (χ0n) is 31.2. The lowest BCUT2D eigenvalue weighted by atomic mass is 10.0. The molecular formula is C50H30N8. The van der Waals surface area contributed by atoms with Crippen LogP contribution in [-0.4, -0.2) is 32.5 Å². The Bertz CT molecular complexity index is 3720. The molecule has 0 saturated heterocycles. The summed E-state index contributed by atoms with van der Waals surface area (Å²) in [6, 6.07) is 45.1. The average molecular weight is 743 g/mol. The minimum Gasteiger partial charge on any atom is -0.291 e. The van der Waals surface area contributed by atoms with E-state index in [0.29, 0.717) is 30.0 Å². The summed E-state index contributed by atoms with van der Waals surface area (Å²) >= 11 is 0. The Morgan fingerprint density at radius 3 is 1.38 bits per heavy atom. The van der Waals surface area contributed by atoms with Gasteiger partial charge >= 0.3 is 0 Å². The second-order valence-electron chi connectivity index (χ2n) is 15.2. The molecule has 4 aliphatic rings. The normalized spacial score (nSPS) is 15.1. The fraction of sp³-hybridized carbons (Fsp3) is 0.0400. The van der Waals surface area contributed by atoms with Crippen LogP contribution in [0.15, 0.2) is 176 Å². The Kier molecular flexibility index (Phi) is 6.27. The smallest absolute Gasteiger partial charge is 0.164 e. The number of fused-ring (bicyclic) bond motifs is 17.